The summed E-state index contributed by atoms with van der Waals surface area (Å²) in [4.78, 5) is 14.6. The maximum atomic E-state index is 12.7. The van der Waals surface area contributed by atoms with Crippen LogP contribution in [0.25, 0.3) is 21.9 Å². The highest BCUT2D eigenvalue weighted by Crippen LogP contribution is 2.30. The number of aromatic nitrogens is 2. The zero-order valence-electron chi connectivity index (χ0n) is 16.4. The van der Waals surface area contributed by atoms with E-state index in [4.69, 9.17) is 14.3 Å². The van der Waals surface area contributed by atoms with Crippen molar-refractivity contribution in [3.63, 3.8) is 0 Å². The van der Waals surface area contributed by atoms with Crippen molar-refractivity contribution in [1.29, 1.82) is 0 Å². The lowest BCUT2D eigenvalue weighted by Crippen LogP contribution is -2.38. The summed E-state index contributed by atoms with van der Waals surface area (Å²) >= 11 is 0. The van der Waals surface area contributed by atoms with Gasteiger partial charge >= 0.3 is 6.09 Å². The molecular formula is C23H23N3O3. The van der Waals surface area contributed by atoms with E-state index in [0.717, 1.165) is 52.5 Å². The lowest BCUT2D eigenvalue weighted by Gasteiger charge is -2.24. The largest absolute Gasteiger partial charge is 0.464 e. The van der Waals surface area contributed by atoms with Crippen LogP contribution in [-0.2, 0) is 17.9 Å². The molecule has 148 valence electrons. The fourth-order valence-electron chi connectivity index (χ4n) is 4.28. The van der Waals surface area contributed by atoms with Gasteiger partial charge in [0, 0.05) is 17.3 Å². The first kappa shape index (κ1) is 17.8. The van der Waals surface area contributed by atoms with Crippen LogP contribution in [0, 0.1) is 6.92 Å². The van der Waals surface area contributed by atoms with E-state index >= 15 is 0 Å². The van der Waals surface area contributed by atoms with Gasteiger partial charge in [-0.15, -0.1) is 0 Å². The van der Waals surface area contributed by atoms with E-state index in [0.29, 0.717) is 13.2 Å². The molecule has 3 heterocycles. The molecule has 1 atom stereocenters. The number of carbonyl (C=O) groups is 1. The van der Waals surface area contributed by atoms with Gasteiger partial charge < -0.3 is 14.1 Å². The minimum Gasteiger partial charge on any atom is -0.464 e. The number of nitrogens with zero attached hydrogens (tertiary/aromatic N) is 3. The van der Waals surface area contributed by atoms with Gasteiger partial charge in [0.1, 0.15) is 12.2 Å². The maximum Gasteiger partial charge on any atom is 0.410 e. The topological polar surface area (TPSA) is 60.5 Å². The van der Waals surface area contributed by atoms with Crippen LogP contribution in [0.3, 0.4) is 0 Å². The minimum atomic E-state index is -0.252. The van der Waals surface area contributed by atoms with Gasteiger partial charge in [-0.2, -0.15) is 5.10 Å². The molecule has 0 spiro atoms. The molecule has 1 saturated heterocycles. The summed E-state index contributed by atoms with van der Waals surface area (Å²) in [7, 11) is 0. The molecule has 1 amide bonds. The number of ether oxygens (including phenoxy) is 1. The van der Waals surface area contributed by atoms with Gasteiger partial charge in [-0.1, -0.05) is 30.3 Å². The van der Waals surface area contributed by atoms with E-state index in [9.17, 15) is 4.79 Å². The van der Waals surface area contributed by atoms with Gasteiger partial charge in [0.25, 0.3) is 0 Å². The van der Waals surface area contributed by atoms with Crippen LogP contribution in [0.1, 0.15) is 24.1 Å². The molecule has 1 fully saturated rings. The number of likely N-dealkylation sites (tertiary alicyclic amines) is 1. The smallest absolute Gasteiger partial charge is 0.410 e. The van der Waals surface area contributed by atoms with Crippen LogP contribution in [0.5, 0.6) is 0 Å². The monoisotopic (exact) mass is 389 g/mol. The summed E-state index contributed by atoms with van der Waals surface area (Å²) in [5.74, 6) is 0. The second kappa shape index (κ2) is 7.28. The van der Waals surface area contributed by atoms with Crippen molar-refractivity contribution >= 4 is 28.0 Å². The van der Waals surface area contributed by atoms with Crippen molar-refractivity contribution in [3.8, 4) is 0 Å². The molecule has 2 aromatic heterocycles. The number of furan rings is 1. The van der Waals surface area contributed by atoms with E-state index in [1.54, 1.807) is 6.26 Å². The van der Waals surface area contributed by atoms with E-state index < -0.39 is 0 Å². The van der Waals surface area contributed by atoms with Gasteiger partial charge in [-0.05, 0) is 43.5 Å². The molecule has 0 N–H and O–H groups in total. The van der Waals surface area contributed by atoms with Crippen LogP contribution in [0.4, 0.5) is 4.79 Å². The van der Waals surface area contributed by atoms with E-state index in [1.165, 1.54) is 0 Å². The number of benzene rings is 2. The quantitative estimate of drug-likeness (QED) is 0.498. The number of carbonyl (C=O) groups excluding carboxylic acids is 1. The first-order valence-electron chi connectivity index (χ1n) is 10.0. The van der Waals surface area contributed by atoms with Gasteiger partial charge in [-0.25, -0.2) is 4.79 Å². The summed E-state index contributed by atoms with van der Waals surface area (Å²) in [6, 6.07) is 15.9. The molecule has 29 heavy (non-hydrogen) atoms. The molecule has 2 aromatic carbocycles. The Hall–Kier alpha value is -3.28. The molecule has 0 aliphatic carbocycles. The van der Waals surface area contributed by atoms with Crippen molar-refractivity contribution in [1.82, 2.24) is 14.7 Å². The Morgan fingerprint density at radius 3 is 2.90 bits per heavy atom. The first-order valence-corrected chi connectivity index (χ1v) is 10.0. The third-order valence-corrected chi connectivity index (χ3v) is 5.73. The third kappa shape index (κ3) is 3.24. The molecular weight excluding hydrogens is 366 g/mol. The highest BCUT2D eigenvalue weighted by molar-refractivity contribution is 6.04. The van der Waals surface area contributed by atoms with Crippen LogP contribution in [0.2, 0.25) is 0 Å². The van der Waals surface area contributed by atoms with Crippen molar-refractivity contribution in [2.45, 2.75) is 39.0 Å². The van der Waals surface area contributed by atoms with E-state index in [-0.39, 0.29) is 12.1 Å². The average molecular weight is 389 g/mol. The normalized spacial score (nSPS) is 16.7. The second-order valence-electron chi connectivity index (χ2n) is 7.59. The van der Waals surface area contributed by atoms with Gasteiger partial charge in [0.2, 0.25) is 0 Å². The number of aryl methyl sites for hydroxylation is 1. The van der Waals surface area contributed by atoms with Crippen molar-refractivity contribution in [2.24, 2.45) is 0 Å². The maximum absolute atomic E-state index is 12.7. The van der Waals surface area contributed by atoms with Crippen LogP contribution in [0.15, 0.2) is 59.2 Å². The molecule has 5 rings (SSSR count). The van der Waals surface area contributed by atoms with Crippen molar-refractivity contribution in [2.75, 3.05) is 6.54 Å². The van der Waals surface area contributed by atoms with Gasteiger partial charge in [-0.3, -0.25) is 4.68 Å². The van der Waals surface area contributed by atoms with E-state index in [2.05, 4.69) is 6.07 Å². The zero-order chi connectivity index (χ0) is 19.8. The van der Waals surface area contributed by atoms with Gasteiger partial charge in [0.15, 0.2) is 0 Å². The highest BCUT2D eigenvalue weighted by atomic mass is 16.6. The Balaban J connectivity index is 1.37. The summed E-state index contributed by atoms with van der Waals surface area (Å²) in [5.41, 5.74) is 3.90. The molecule has 6 nitrogen and oxygen atoms in total. The van der Waals surface area contributed by atoms with Crippen molar-refractivity contribution in [3.05, 3.63) is 66.1 Å². The molecule has 0 bridgehead atoms. The summed E-state index contributed by atoms with van der Waals surface area (Å²) in [5, 5.41) is 6.94. The Bertz CT molecular complexity index is 1160. The fourth-order valence-corrected chi connectivity index (χ4v) is 4.28. The third-order valence-electron chi connectivity index (χ3n) is 5.73. The Morgan fingerprint density at radius 1 is 1.17 bits per heavy atom. The standard InChI is InChI=1S/C23H23N3O3/c1-16-19-9-10-21-20(11-13-28-21)22(19)26(24-16)14-18-8-5-12-25(18)23(27)29-15-17-6-3-2-4-7-17/h2-4,6-7,9-11,13,18H,5,8,12,14-15H2,1H3. The summed E-state index contributed by atoms with van der Waals surface area (Å²) in [6.45, 7) is 3.68. The van der Waals surface area contributed by atoms with E-state index in [1.807, 2.05) is 59.0 Å². The lowest BCUT2D eigenvalue weighted by atomic mass is 10.1. The molecule has 0 saturated carbocycles. The first-order chi connectivity index (χ1) is 14.2. The predicted molar refractivity (Wildman–Crippen MR) is 111 cm³/mol. The van der Waals surface area contributed by atoms with Crippen LogP contribution >= 0.6 is 0 Å². The number of hydrogen-bond acceptors (Lipinski definition) is 4. The average Bonchev–Trinajstić information content (AvgIpc) is 3.46. The molecule has 1 unspecified atom stereocenters. The van der Waals surface area contributed by atoms with Crippen LogP contribution in [-0.4, -0.2) is 33.4 Å². The lowest BCUT2D eigenvalue weighted by molar-refractivity contribution is 0.0891. The number of rotatable bonds is 4. The fraction of sp³-hybridized carbons (Fsp3) is 0.304. The Kier molecular flexibility index (Phi) is 4.46. The summed E-state index contributed by atoms with van der Waals surface area (Å²) < 4.78 is 13.2. The highest BCUT2D eigenvalue weighted by Gasteiger charge is 2.31. The Morgan fingerprint density at radius 2 is 2.03 bits per heavy atom. The molecule has 4 aromatic rings. The Labute approximate surface area is 168 Å². The number of hydrogen-bond donors (Lipinski definition) is 0. The minimum absolute atomic E-state index is 0.0722. The van der Waals surface area contributed by atoms with Gasteiger partial charge in [0.05, 0.1) is 30.1 Å². The molecule has 6 heteroatoms. The molecule has 0 radical (unpaired) electrons. The number of fused-ring (bicyclic) bond motifs is 3. The van der Waals surface area contributed by atoms with Crippen molar-refractivity contribution < 1.29 is 13.9 Å². The zero-order valence-corrected chi connectivity index (χ0v) is 16.4. The summed E-state index contributed by atoms with van der Waals surface area (Å²) in [6.07, 6.45) is 3.38. The molecule has 1 aliphatic heterocycles. The second-order valence-corrected chi connectivity index (χ2v) is 7.59. The number of amides is 1. The SMILES string of the molecule is Cc1nn(CC2CCCN2C(=O)OCc2ccccc2)c2c1ccc1occc12. The molecule has 1 aliphatic rings. The predicted octanol–water partition coefficient (Wildman–Crippen LogP) is 4.89. The van der Waals surface area contributed by atoms with Crippen LogP contribution < -0.4 is 0 Å².